The molecule has 1 aromatic carbocycles. The lowest BCUT2D eigenvalue weighted by molar-refractivity contribution is -0.149. The largest absolute Gasteiger partial charge is 0.487 e. The van der Waals surface area contributed by atoms with E-state index in [-0.39, 0.29) is 31.0 Å². The van der Waals surface area contributed by atoms with Crippen LogP contribution in [0.5, 0.6) is 5.75 Å². The van der Waals surface area contributed by atoms with Crippen molar-refractivity contribution in [2.75, 3.05) is 18.5 Å². The Morgan fingerprint density at radius 2 is 1.91 bits per heavy atom. The third-order valence-corrected chi connectivity index (χ3v) is 6.60. The maximum absolute atomic E-state index is 12.4. The van der Waals surface area contributed by atoms with Gasteiger partial charge in [-0.1, -0.05) is 19.3 Å². The van der Waals surface area contributed by atoms with E-state index in [1.807, 2.05) is 5.32 Å². The molecule has 3 amide bonds. The zero-order chi connectivity index (χ0) is 24.3. The fourth-order valence-corrected chi connectivity index (χ4v) is 5.04. The molecule has 2 aliphatic heterocycles. The Bertz CT molecular complexity index is 891. The monoisotopic (exact) mass is 485 g/mol. The van der Waals surface area contributed by atoms with Gasteiger partial charge in [-0.25, -0.2) is 4.79 Å². The lowest BCUT2D eigenvalue weighted by Crippen LogP contribution is -2.47. The lowest BCUT2D eigenvalue weighted by atomic mass is 9.84. The number of rotatable bonds is 6. The minimum absolute atomic E-state index is 0.168. The highest BCUT2D eigenvalue weighted by Gasteiger charge is 2.46. The van der Waals surface area contributed by atoms with Crippen molar-refractivity contribution < 1.29 is 37.3 Å². The van der Waals surface area contributed by atoms with Crippen molar-refractivity contribution in [3.8, 4) is 5.75 Å². The number of amides is 3. The number of benzene rings is 1. The number of aliphatic hydroxyl groups excluding tert-OH is 1. The predicted octanol–water partition coefficient (Wildman–Crippen LogP) is 3.20. The molecular weight excluding hydrogens is 455 g/mol. The van der Waals surface area contributed by atoms with Crippen molar-refractivity contribution in [2.24, 2.45) is 0 Å². The van der Waals surface area contributed by atoms with E-state index in [9.17, 15) is 27.9 Å². The van der Waals surface area contributed by atoms with Gasteiger partial charge in [0, 0.05) is 23.2 Å². The Hall–Kier alpha value is -2.53. The summed E-state index contributed by atoms with van der Waals surface area (Å²) < 4.78 is 48.9. The SMILES string of the molecule is O=C(C[C@H]1C[C@H]2c3cc(NC(=O)NC4CCCCC4)ccc3O[C@H]2[C@H](CO)O1)NCC(F)(F)F. The van der Waals surface area contributed by atoms with Gasteiger partial charge in [0.05, 0.1) is 19.1 Å². The Labute approximate surface area is 195 Å². The Morgan fingerprint density at radius 3 is 2.62 bits per heavy atom. The van der Waals surface area contributed by atoms with Gasteiger partial charge in [0.25, 0.3) is 0 Å². The summed E-state index contributed by atoms with van der Waals surface area (Å²) in [7, 11) is 0. The Balaban J connectivity index is 1.40. The molecule has 4 rings (SSSR count). The second-order valence-corrected chi connectivity index (χ2v) is 9.19. The van der Waals surface area contributed by atoms with Crippen molar-refractivity contribution in [3.05, 3.63) is 23.8 Å². The molecular formula is C23H30F3N3O5. The number of ether oxygens (including phenoxy) is 2. The first-order valence-corrected chi connectivity index (χ1v) is 11.7. The van der Waals surface area contributed by atoms with Crippen molar-refractivity contribution >= 4 is 17.6 Å². The molecule has 1 aromatic rings. The Morgan fingerprint density at radius 1 is 1.15 bits per heavy atom. The summed E-state index contributed by atoms with van der Waals surface area (Å²) in [4.78, 5) is 24.4. The van der Waals surface area contributed by atoms with Crippen LogP contribution in [0, 0.1) is 0 Å². The third kappa shape index (κ3) is 6.12. The first-order chi connectivity index (χ1) is 16.2. The van der Waals surface area contributed by atoms with Crippen LogP contribution in [0.3, 0.4) is 0 Å². The number of anilines is 1. The molecule has 3 aliphatic rings. The number of hydrogen-bond donors (Lipinski definition) is 4. The van der Waals surface area contributed by atoms with Crippen molar-refractivity contribution in [1.29, 1.82) is 0 Å². The number of aliphatic hydroxyl groups is 1. The average Bonchev–Trinajstić information content (AvgIpc) is 3.15. The van der Waals surface area contributed by atoms with Crippen LogP contribution < -0.4 is 20.7 Å². The van der Waals surface area contributed by atoms with E-state index in [0.29, 0.717) is 17.9 Å². The molecule has 1 saturated heterocycles. The second kappa shape index (κ2) is 10.4. The maximum atomic E-state index is 12.4. The summed E-state index contributed by atoms with van der Waals surface area (Å²) in [6.45, 7) is -1.76. The summed E-state index contributed by atoms with van der Waals surface area (Å²) in [6.07, 6.45) is -0.959. The van der Waals surface area contributed by atoms with E-state index >= 15 is 0 Å². The van der Waals surface area contributed by atoms with Gasteiger partial charge in [0.15, 0.2) is 0 Å². The van der Waals surface area contributed by atoms with Gasteiger partial charge < -0.3 is 30.5 Å². The lowest BCUT2D eigenvalue weighted by Gasteiger charge is -2.37. The van der Waals surface area contributed by atoms with E-state index in [1.54, 1.807) is 18.2 Å². The first-order valence-electron chi connectivity index (χ1n) is 11.7. The summed E-state index contributed by atoms with van der Waals surface area (Å²) in [5, 5.41) is 17.5. The highest BCUT2D eigenvalue weighted by molar-refractivity contribution is 5.89. The molecule has 0 bridgehead atoms. The van der Waals surface area contributed by atoms with Crippen molar-refractivity contribution in [3.63, 3.8) is 0 Å². The van der Waals surface area contributed by atoms with Gasteiger partial charge in [0.2, 0.25) is 5.91 Å². The molecule has 2 fully saturated rings. The standard InChI is InChI=1S/C23H30F3N3O5/c24-23(25,26)12-27-20(31)10-15-9-17-16-8-14(29-22(32)28-13-4-2-1-3-5-13)6-7-18(16)34-21(17)19(11-30)33-15/h6-8,13,15,17,19,21,30H,1-5,9-12H2,(H,27,31)(H2,28,29,32)/t15-,17+,19+,21-/m1/s1. The van der Waals surface area contributed by atoms with E-state index in [0.717, 1.165) is 31.2 Å². The number of alkyl halides is 3. The summed E-state index contributed by atoms with van der Waals surface area (Å²) in [5.74, 6) is -0.409. The fraction of sp³-hybridized carbons (Fsp3) is 0.652. The van der Waals surface area contributed by atoms with Gasteiger partial charge in [-0.15, -0.1) is 0 Å². The summed E-state index contributed by atoms with van der Waals surface area (Å²) in [6, 6.07) is 5.17. The minimum Gasteiger partial charge on any atom is -0.487 e. The Kier molecular flexibility index (Phi) is 7.51. The number of carbonyl (C=O) groups is 2. The van der Waals surface area contributed by atoms with E-state index < -0.39 is 36.9 Å². The molecule has 2 heterocycles. The minimum atomic E-state index is -4.49. The number of nitrogens with one attached hydrogen (secondary N) is 3. The van der Waals surface area contributed by atoms with Crippen LogP contribution in [0.4, 0.5) is 23.7 Å². The quantitative estimate of drug-likeness (QED) is 0.495. The number of fused-ring (bicyclic) bond motifs is 3. The molecule has 34 heavy (non-hydrogen) atoms. The average molecular weight is 486 g/mol. The molecule has 8 nitrogen and oxygen atoms in total. The maximum Gasteiger partial charge on any atom is 0.405 e. The number of hydrogen-bond acceptors (Lipinski definition) is 5. The van der Waals surface area contributed by atoms with Crippen molar-refractivity contribution in [2.45, 2.75) is 81.4 Å². The topological polar surface area (TPSA) is 109 Å². The number of carbonyl (C=O) groups excluding carboxylic acids is 2. The molecule has 1 aliphatic carbocycles. The van der Waals surface area contributed by atoms with Gasteiger partial charge in [-0.05, 0) is 37.5 Å². The molecule has 0 radical (unpaired) electrons. The molecule has 4 N–H and O–H groups in total. The molecule has 11 heteroatoms. The number of urea groups is 1. The van der Waals surface area contributed by atoms with E-state index in [1.165, 1.54) is 6.42 Å². The van der Waals surface area contributed by atoms with Crippen LogP contribution >= 0.6 is 0 Å². The van der Waals surface area contributed by atoms with Gasteiger partial charge in [-0.3, -0.25) is 4.79 Å². The van der Waals surface area contributed by atoms with E-state index in [4.69, 9.17) is 9.47 Å². The molecule has 0 aromatic heterocycles. The third-order valence-electron chi connectivity index (χ3n) is 6.60. The summed E-state index contributed by atoms with van der Waals surface area (Å²) in [5.41, 5.74) is 1.39. The van der Waals surface area contributed by atoms with Gasteiger partial charge >= 0.3 is 12.2 Å². The first kappa shape index (κ1) is 24.6. The van der Waals surface area contributed by atoms with Gasteiger partial charge in [0.1, 0.15) is 24.5 Å². The zero-order valence-corrected chi connectivity index (χ0v) is 18.7. The van der Waals surface area contributed by atoms with Crippen molar-refractivity contribution in [1.82, 2.24) is 10.6 Å². The van der Waals surface area contributed by atoms with Crippen LogP contribution in [0.15, 0.2) is 18.2 Å². The van der Waals surface area contributed by atoms with Crippen LogP contribution in [-0.2, 0) is 9.53 Å². The molecule has 4 atom stereocenters. The smallest absolute Gasteiger partial charge is 0.405 e. The fourth-order valence-electron chi connectivity index (χ4n) is 5.04. The van der Waals surface area contributed by atoms with Crippen LogP contribution in [0.2, 0.25) is 0 Å². The van der Waals surface area contributed by atoms with E-state index in [2.05, 4.69) is 10.6 Å². The normalized spacial score (nSPS) is 26.7. The molecule has 1 saturated carbocycles. The van der Waals surface area contributed by atoms with Crippen LogP contribution in [0.1, 0.15) is 56.4 Å². The molecule has 0 spiro atoms. The predicted molar refractivity (Wildman–Crippen MR) is 117 cm³/mol. The number of halogens is 3. The molecule has 0 unspecified atom stereocenters. The van der Waals surface area contributed by atoms with Gasteiger partial charge in [-0.2, -0.15) is 13.2 Å². The zero-order valence-electron chi connectivity index (χ0n) is 18.7. The summed E-state index contributed by atoms with van der Waals surface area (Å²) >= 11 is 0. The second-order valence-electron chi connectivity index (χ2n) is 9.19. The highest BCUT2D eigenvalue weighted by atomic mass is 19.4. The highest BCUT2D eigenvalue weighted by Crippen LogP contribution is 2.47. The van der Waals surface area contributed by atoms with Crippen LogP contribution in [0.25, 0.3) is 0 Å². The van der Waals surface area contributed by atoms with Crippen LogP contribution in [-0.4, -0.2) is 60.7 Å². The molecule has 188 valence electrons.